The average Bonchev–Trinajstić information content (AvgIpc) is 3.37. The van der Waals surface area contributed by atoms with Crippen molar-refractivity contribution in [3.8, 4) is 40.1 Å². The van der Waals surface area contributed by atoms with Crippen LogP contribution < -0.4 is 14.2 Å². The Bertz CT molecular complexity index is 1570. The standard InChI is InChI=1S/C31H32F3N3O7/c1-6-40-25(29(38)39)13-21-11-19(5)24(12-18(21)4)41-16-26-37-27(22-14-35-30(36-15-22)42-17(2)3)28(43-26)20-7-9-23(10-8-20)44-31(32,33)34/h7-12,14-15,17,25H,6,13,16H2,1-5H3,(H,38,39). The zero-order valence-electron chi connectivity index (χ0n) is 24.8. The Morgan fingerprint density at radius 3 is 2.30 bits per heavy atom. The lowest BCUT2D eigenvalue weighted by Crippen LogP contribution is -2.26. The van der Waals surface area contributed by atoms with Gasteiger partial charge in [0.05, 0.1) is 6.10 Å². The Labute approximate surface area is 251 Å². The van der Waals surface area contributed by atoms with Crippen molar-refractivity contribution in [1.29, 1.82) is 0 Å². The molecular formula is C31H32F3N3O7. The van der Waals surface area contributed by atoms with Gasteiger partial charge in [-0.05, 0) is 81.6 Å². The van der Waals surface area contributed by atoms with E-state index in [1.165, 1.54) is 36.7 Å². The van der Waals surface area contributed by atoms with E-state index in [-0.39, 0.29) is 49.1 Å². The molecule has 234 valence electrons. The van der Waals surface area contributed by atoms with Gasteiger partial charge in [0.1, 0.15) is 17.2 Å². The van der Waals surface area contributed by atoms with E-state index in [0.717, 1.165) is 16.7 Å². The van der Waals surface area contributed by atoms with Gasteiger partial charge in [-0.25, -0.2) is 19.7 Å². The summed E-state index contributed by atoms with van der Waals surface area (Å²) in [6, 6.07) is 9.04. The maximum absolute atomic E-state index is 12.7. The van der Waals surface area contributed by atoms with Gasteiger partial charge < -0.3 is 28.5 Å². The molecule has 0 aliphatic rings. The molecule has 1 N–H and O–H groups in total. The highest BCUT2D eigenvalue weighted by Crippen LogP contribution is 2.35. The number of alkyl halides is 3. The van der Waals surface area contributed by atoms with Crippen LogP contribution in [0.5, 0.6) is 17.5 Å². The maximum Gasteiger partial charge on any atom is 0.573 e. The van der Waals surface area contributed by atoms with E-state index in [0.29, 0.717) is 22.6 Å². The van der Waals surface area contributed by atoms with Crippen LogP contribution in [0.1, 0.15) is 43.4 Å². The molecule has 0 fully saturated rings. The molecule has 44 heavy (non-hydrogen) atoms. The van der Waals surface area contributed by atoms with E-state index in [9.17, 15) is 23.1 Å². The van der Waals surface area contributed by atoms with Crippen LogP contribution in [0.4, 0.5) is 13.2 Å². The topological polar surface area (TPSA) is 126 Å². The zero-order valence-corrected chi connectivity index (χ0v) is 24.8. The third kappa shape index (κ3) is 8.47. The number of nitrogens with zero attached hydrogens (tertiary/aromatic N) is 3. The molecule has 0 bridgehead atoms. The largest absolute Gasteiger partial charge is 0.573 e. The molecule has 0 radical (unpaired) electrons. The van der Waals surface area contributed by atoms with Gasteiger partial charge in [0, 0.05) is 36.5 Å². The molecule has 0 saturated heterocycles. The minimum absolute atomic E-state index is 0.0754. The predicted molar refractivity (Wildman–Crippen MR) is 152 cm³/mol. The number of carbonyl (C=O) groups is 1. The second-order valence-electron chi connectivity index (χ2n) is 10.1. The van der Waals surface area contributed by atoms with Crippen molar-refractivity contribution in [3.05, 3.63) is 71.4 Å². The van der Waals surface area contributed by atoms with E-state index in [1.54, 1.807) is 13.0 Å². The third-order valence-electron chi connectivity index (χ3n) is 6.30. The lowest BCUT2D eigenvalue weighted by atomic mass is 9.99. The first-order valence-corrected chi connectivity index (χ1v) is 13.7. The quantitative estimate of drug-likeness (QED) is 0.173. The Hall–Kier alpha value is -4.65. The number of ether oxygens (including phenoxy) is 4. The number of oxazole rings is 1. The first kappa shape index (κ1) is 32.3. The van der Waals surface area contributed by atoms with Crippen LogP contribution in [0.25, 0.3) is 22.6 Å². The summed E-state index contributed by atoms with van der Waals surface area (Å²) in [6.07, 6.45) is -2.69. The molecule has 1 unspecified atom stereocenters. The summed E-state index contributed by atoms with van der Waals surface area (Å²) < 4.78 is 64.9. The summed E-state index contributed by atoms with van der Waals surface area (Å²) in [6.45, 7) is 9.32. The third-order valence-corrected chi connectivity index (χ3v) is 6.30. The number of carboxylic acid groups (broad SMARTS) is 1. The second-order valence-corrected chi connectivity index (χ2v) is 10.1. The smallest absolute Gasteiger partial charge is 0.484 e. The number of carboxylic acids is 1. The van der Waals surface area contributed by atoms with Crippen molar-refractivity contribution in [2.75, 3.05) is 6.61 Å². The van der Waals surface area contributed by atoms with Crippen LogP contribution in [0.2, 0.25) is 0 Å². The number of aliphatic carboxylic acids is 1. The minimum atomic E-state index is -4.82. The minimum Gasteiger partial charge on any atom is -0.484 e. The number of aromatic nitrogens is 3. The van der Waals surface area contributed by atoms with Gasteiger partial charge in [0.25, 0.3) is 0 Å². The van der Waals surface area contributed by atoms with Crippen LogP contribution >= 0.6 is 0 Å². The van der Waals surface area contributed by atoms with Gasteiger partial charge in [-0.3, -0.25) is 0 Å². The van der Waals surface area contributed by atoms with E-state index >= 15 is 0 Å². The fourth-order valence-corrected chi connectivity index (χ4v) is 4.32. The Balaban J connectivity index is 1.61. The molecular weight excluding hydrogens is 583 g/mol. The van der Waals surface area contributed by atoms with Crippen molar-refractivity contribution >= 4 is 5.97 Å². The van der Waals surface area contributed by atoms with E-state index in [1.807, 2.05) is 33.8 Å². The average molecular weight is 616 g/mol. The predicted octanol–water partition coefficient (Wildman–Crippen LogP) is 6.71. The van der Waals surface area contributed by atoms with E-state index in [2.05, 4.69) is 19.7 Å². The summed E-state index contributed by atoms with van der Waals surface area (Å²) in [5, 5.41) is 9.45. The van der Waals surface area contributed by atoms with Crippen molar-refractivity contribution in [2.45, 2.75) is 66.2 Å². The molecule has 0 aliphatic carbocycles. The number of benzene rings is 2. The highest BCUT2D eigenvalue weighted by molar-refractivity contribution is 5.76. The summed E-state index contributed by atoms with van der Waals surface area (Å²) in [4.78, 5) is 24.6. The molecule has 10 nitrogen and oxygen atoms in total. The molecule has 0 amide bonds. The number of hydrogen-bond acceptors (Lipinski definition) is 9. The first-order chi connectivity index (χ1) is 20.8. The van der Waals surface area contributed by atoms with Crippen molar-refractivity contribution in [2.24, 2.45) is 0 Å². The monoisotopic (exact) mass is 615 g/mol. The molecule has 2 aromatic carbocycles. The SMILES string of the molecule is CCOC(Cc1cc(C)c(OCc2nc(-c3cnc(OC(C)C)nc3)c(-c3ccc(OC(F)(F)F)cc3)o2)cc1C)C(=O)O. The second kappa shape index (κ2) is 13.8. The molecule has 2 heterocycles. The Morgan fingerprint density at radius 1 is 1.02 bits per heavy atom. The number of halogens is 3. The van der Waals surface area contributed by atoms with Gasteiger partial charge >= 0.3 is 18.3 Å². The molecule has 0 saturated carbocycles. The number of hydrogen-bond donors (Lipinski definition) is 1. The zero-order chi connectivity index (χ0) is 32.0. The lowest BCUT2D eigenvalue weighted by molar-refractivity contribution is -0.274. The Kier molecular flexibility index (Phi) is 10.1. The summed E-state index contributed by atoms with van der Waals surface area (Å²) in [5.41, 5.74) is 3.69. The van der Waals surface area contributed by atoms with Crippen LogP contribution in [0, 0.1) is 13.8 Å². The van der Waals surface area contributed by atoms with Crippen molar-refractivity contribution in [3.63, 3.8) is 0 Å². The van der Waals surface area contributed by atoms with Gasteiger partial charge in [-0.15, -0.1) is 13.2 Å². The van der Waals surface area contributed by atoms with Gasteiger partial charge in [-0.1, -0.05) is 6.07 Å². The van der Waals surface area contributed by atoms with Gasteiger partial charge in [0.2, 0.25) is 5.89 Å². The fraction of sp³-hybridized carbons (Fsp3) is 0.355. The molecule has 0 spiro atoms. The molecule has 13 heteroatoms. The first-order valence-electron chi connectivity index (χ1n) is 13.7. The van der Waals surface area contributed by atoms with E-state index in [4.69, 9.17) is 18.6 Å². The van der Waals surface area contributed by atoms with Crippen molar-refractivity contribution in [1.82, 2.24) is 15.0 Å². The molecule has 4 aromatic rings. The highest BCUT2D eigenvalue weighted by Gasteiger charge is 2.31. The van der Waals surface area contributed by atoms with Crippen LogP contribution in [0.3, 0.4) is 0 Å². The van der Waals surface area contributed by atoms with Gasteiger partial charge in [-0.2, -0.15) is 0 Å². The summed E-state index contributed by atoms with van der Waals surface area (Å²) in [5.74, 6) is -0.411. The lowest BCUT2D eigenvalue weighted by Gasteiger charge is -2.16. The maximum atomic E-state index is 12.7. The number of rotatable bonds is 13. The Morgan fingerprint density at radius 2 is 1.70 bits per heavy atom. The summed E-state index contributed by atoms with van der Waals surface area (Å²) in [7, 11) is 0. The van der Waals surface area contributed by atoms with Crippen molar-refractivity contribution < 1.29 is 46.4 Å². The summed E-state index contributed by atoms with van der Waals surface area (Å²) >= 11 is 0. The van der Waals surface area contributed by atoms with Crippen LogP contribution in [-0.2, 0) is 22.6 Å². The molecule has 0 aliphatic heterocycles. The molecule has 1 atom stereocenters. The number of aryl methyl sites for hydroxylation is 2. The van der Waals surface area contributed by atoms with E-state index < -0.39 is 18.4 Å². The van der Waals surface area contributed by atoms with Crippen LogP contribution in [-0.4, -0.2) is 51.2 Å². The molecule has 2 aromatic heterocycles. The normalized spacial score (nSPS) is 12.3. The fourth-order valence-electron chi connectivity index (χ4n) is 4.32. The van der Waals surface area contributed by atoms with Crippen LogP contribution in [0.15, 0.2) is 53.2 Å². The highest BCUT2D eigenvalue weighted by atomic mass is 19.4. The molecule has 4 rings (SSSR count). The van der Waals surface area contributed by atoms with Gasteiger partial charge in [0.15, 0.2) is 18.5 Å².